The van der Waals surface area contributed by atoms with Crippen molar-refractivity contribution in [1.82, 2.24) is 5.32 Å². The third kappa shape index (κ3) is 4.20. The van der Waals surface area contributed by atoms with E-state index in [0.717, 1.165) is 4.88 Å². The summed E-state index contributed by atoms with van der Waals surface area (Å²) in [5.74, 6) is 0.415. The minimum atomic E-state index is -0.243. The number of amides is 1. The summed E-state index contributed by atoms with van der Waals surface area (Å²) in [6.07, 6.45) is 4.81. The van der Waals surface area contributed by atoms with Gasteiger partial charge in [0.1, 0.15) is 5.76 Å². The molecule has 2 heterocycles. The van der Waals surface area contributed by atoms with E-state index in [1.54, 1.807) is 30.5 Å². The molecule has 1 amide bonds. The maximum Gasteiger partial charge on any atom is 0.244 e. The van der Waals surface area contributed by atoms with Crippen LogP contribution in [-0.2, 0) is 4.79 Å². The van der Waals surface area contributed by atoms with Crippen molar-refractivity contribution in [2.75, 3.05) is 0 Å². The van der Waals surface area contributed by atoms with Crippen molar-refractivity contribution in [3.63, 3.8) is 0 Å². The molecule has 5 heteroatoms. The van der Waals surface area contributed by atoms with Gasteiger partial charge in [0.15, 0.2) is 5.78 Å². The van der Waals surface area contributed by atoms with Crippen LogP contribution >= 0.6 is 11.3 Å². The Morgan fingerprint density at radius 2 is 2.25 bits per heavy atom. The van der Waals surface area contributed by atoms with Crippen LogP contribution in [0, 0.1) is 0 Å². The molecule has 0 saturated carbocycles. The molecule has 20 heavy (non-hydrogen) atoms. The lowest BCUT2D eigenvalue weighted by molar-refractivity contribution is -0.116. The summed E-state index contributed by atoms with van der Waals surface area (Å²) >= 11 is 1.41. The second-order valence-electron chi connectivity index (χ2n) is 4.36. The van der Waals surface area contributed by atoms with Crippen LogP contribution < -0.4 is 5.32 Å². The molecule has 2 aromatic heterocycles. The molecular formula is C15H15NO3S. The zero-order chi connectivity index (χ0) is 14.4. The summed E-state index contributed by atoms with van der Waals surface area (Å²) in [6.45, 7) is 1.81. The summed E-state index contributed by atoms with van der Waals surface area (Å²) in [5, 5.41) is 4.62. The van der Waals surface area contributed by atoms with Gasteiger partial charge in [-0.25, -0.2) is 0 Å². The Morgan fingerprint density at radius 3 is 2.90 bits per heavy atom. The van der Waals surface area contributed by atoms with Gasteiger partial charge in [-0.15, -0.1) is 11.3 Å². The number of thiophene rings is 1. The molecule has 0 fully saturated rings. The van der Waals surface area contributed by atoms with Crippen LogP contribution in [0.3, 0.4) is 0 Å². The van der Waals surface area contributed by atoms with Gasteiger partial charge in [0.05, 0.1) is 11.1 Å². The Balaban J connectivity index is 1.80. The fourth-order valence-corrected chi connectivity index (χ4v) is 2.38. The van der Waals surface area contributed by atoms with Crippen molar-refractivity contribution in [3.05, 3.63) is 52.6 Å². The third-order valence-corrected chi connectivity index (χ3v) is 3.53. The Kier molecular flexibility index (Phi) is 4.90. The maximum atomic E-state index is 11.9. The predicted octanol–water partition coefficient (Wildman–Crippen LogP) is 3.13. The van der Waals surface area contributed by atoms with E-state index in [-0.39, 0.29) is 17.7 Å². The zero-order valence-corrected chi connectivity index (χ0v) is 11.9. The lowest BCUT2D eigenvalue weighted by Gasteiger charge is -2.10. The maximum absolute atomic E-state index is 11.9. The van der Waals surface area contributed by atoms with Crippen LogP contribution in [0.2, 0.25) is 0 Å². The van der Waals surface area contributed by atoms with Gasteiger partial charge in [0, 0.05) is 18.5 Å². The molecule has 0 aliphatic carbocycles. The van der Waals surface area contributed by atoms with Gasteiger partial charge in [-0.05, 0) is 36.6 Å². The number of ketones is 1. The minimum absolute atomic E-state index is 0.0443. The topological polar surface area (TPSA) is 59.3 Å². The fraction of sp³-hybridized carbons (Fsp3) is 0.200. The molecule has 0 radical (unpaired) electrons. The van der Waals surface area contributed by atoms with E-state index in [0.29, 0.717) is 12.2 Å². The predicted molar refractivity (Wildman–Crippen MR) is 78.6 cm³/mol. The molecule has 104 valence electrons. The van der Waals surface area contributed by atoms with Gasteiger partial charge in [-0.2, -0.15) is 0 Å². The highest BCUT2D eigenvalue weighted by molar-refractivity contribution is 7.12. The number of rotatable bonds is 6. The summed E-state index contributed by atoms with van der Waals surface area (Å²) in [6, 6.07) is 6.93. The van der Waals surface area contributed by atoms with Crippen molar-refractivity contribution in [2.24, 2.45) is 0 Å². The summed E-state index contributed by atoms with van der Waals surface area (Å²) in [7, 11) is 0. The first-order valence-corrected chi connectivity index (χ1v) is 7.12. The first kappa shape index (κ1) is 14.3. The van der Waals surface area contributed by atoms with Gasteiger partial charge in [0.25, 0.3) is 0 Å². The number of carbonyl (C=O) groups excluding carboxylic acids is 2. The van der Waals surface area contributed by atoms with Gasteiger partial charge >= 0.3 is 0 Å². The van der Waals surface area contributed by atoms with E-state index in [4.69, 9.17) is 4.42 Å². The first-order chi connectivity index (χ1) is 9.65. The molecule has 0 aliphatic heterocycles. The van der Waals surface area contributed by atoms with Gasteiger partial charge in [0.2, 0.25) is 5.91 Å². The summed E-state index contributed by atoms with van der Waals surface area (Å²) in [5.41, 5.74) is 0. The first-order valence-electron chi connectivity index (χ1n) is 6.24. The smallest absolute Gasteiger partial charge is 0.244 e. The van der Waals surface area contributed by atoms with Crippen LogP contribution in [-0.4, -0.2) is 17.7 Å². The molecule has 1 N–H and O–H groups in total. The molecule has 2 rings (SSSR count). The zero-order valence-electron chi connectivity index (χ0n) is 11.0. The Labute approximate surface area is 121 Å². The molecule has 0 saturated heterocycles. The highest BCUT2D eigenvalue weighted by Gasteiger charge is 2.13. The van der Waals surface area contributed by atoms with Crippen LogP contribution in [0.4, 0.5) is 0 Å². The monoisotopic (exact) mass is 289 g/mol. The molecule has 1 atom stereocenters. The summed E-state index contributed by atoms with van der Waals surface area (Å²) < 4.78 is 5.08. The number of Topliss-reactive ketones (excluding diaryl/α,β-unsaturated/α-hetero) is 1. The number of hydrogen-bond acceptors (Lipinski definition) is 4. The molecule has 2 aromatic rings. The van der Waals surface area contributed by atoms with Crippen LogP contribution in [0.1, 0.15) is 28.8 Å². The van der Waals surface area contributed by atoms with Gasteiger partial charge in [-0.1, -0.05) is 6.07 Å². The molecule has 0 spiro atoms. The second kappa shape index (κ2) is 6.86. The number of nitrogens with one attached hydrogen (secondary N) is 1. The fourth-order valence-electron chi connectivity index (χ4n) is 1.70. The molecule has 4 nitrogen and oxygen atoms in total. The van der Waals surface area contributed by atoms with E-state index >= 15 is 0 Å². The number of carbonyl (C=O) groups is 2. The Morgan fingerprint density at radius 1 is 1.40 bits per heavy atom. The van der Waals surface area contributed by atoms with E-state index in [2.05, 4.69) is 5.32 Å². The van der Waals surface area contributed by atoms with Crippen molar-refractivity contribution in [2.45, 2.75) is 19.4 Å². The summed E-state index contributed by atoms with van der Waals surface area (Å²) in [4.78, 5) is 24.3. The minimum Gasteiger partial charge on any atom is -0.465 e. The standard InChI is InChI=1S/C15H15NO3S/c1-11(10-13(17)14-5-3-9-20-14)16-15(18)7-6-12-4-2-8-19-12/h2-9,11H,10H2,1H3,(H,16,18)/b7-6+. The Bertz CT molecular complexity index is 585. The van der Waals surface area contributed by atoms with Crippen molar-refractivity contribution in [1.29, 1.82) is 0 Å². The average Bonchev–Trinajstić information content (AvgIpc) is 3.09. The van der Waals surface area contributed by atoms with Crippen molar-refractivity contribution in [3.8, 4) is 0 Å². The van der Waals surface area contributed by atoms with E-state index in [1.807, 2.05) is 18.4 Å². The van der Waals surface area contributed by atoms with E-state index in [1.165, 1.54) is 17.4 Å². The third-order valence-electron chi connectivity index (χ3n) is 2.62. The molecular weight excluding hydrogens is 274 g/mol. The van der Waals surface area contributed by atoms with Crippen LogP contribution in [0.15, 0.2) is 46.4 Å². The van der Waals surface area contributed by atoms with Crippen molar-refractivity contribution >= 4 is 29.1 Å². The molecule has 0 aromatic carbocycles. The average molecular weight is 289 g/mol. The molecule has 0 bridgehead atoms. The number of furan rings is 1. The lowest BCUT2D eigenvalue weighted by atomic mass is 10.1. The van der Waals surface area contributed by atoms with E-state index < -0.39 is 0 Å². The van der Waals surface area contributed by atoms with Crippen LogP contribution in [0.25, 0.3) is 6.08 Å². The second-order valence-corrected chi connectivity index (χ2v) is 5.31. The number of hydrogen-bond donors (Lipinski definition) is 1. The van der Waals surface area contributed by atoms with E-state index in [9.17, 15) is 9.59 Å². The van der Waals surface area contributed by atoms with Gasteiger partial charge in [-0.3, -0.25) is 9.59 Å². The van der Waals surface area contributed by atoms with Crippen LogP contribution in [0.5, 0.6) is 0 Å². The largest absolute Gasteiger partial charge is 0.465 e. The molecule has 0 aliphatic rings. The highest BCUT2D eigenvalue weighted by Crippen LogP contribution is 2.12. The lowest BCUT2D eigenvalue weighted by Crippen LogP contribution is -2.32. The Hall–Kier alpha value is -2.14. The van der Waals surface area contributed by atoms with Crippen molar-refractivity contribution < 1.29 is 14.0 Å². The quantitative estimate of drug-likeness (QED) is 0.656. The van der Waals surface area contributed by atoms with Gasteiger partial charge < -0.3 is 9.73 Å². The highest BCUT2D eigenvalue weighted by atomic mass is 32.1. The normalized spacial score (nSPS) is 12.4. The molecule has 1 unspecified atom stereocenters. The SMILES string of the molecule is CC(CC(=O)c1cccs1)NC(=O)/C=C/c1ccco1.